The van der Waals surface area contributed by atoms with Crippen molar-refractivity contribution in [3.63, 3.8) is 0 Å². The predicted molar refractivity (Wildman–Crippen MR) is 53.5 cm³/mol. The first-order valence-electron chi connectivity index (χ1n) is 5.15. The van der Waals surface area contributed by atoms with E-state index in [0.717, 1.165) is 6.42 Å². The summed E-state index contributed by atoms with van der Waals surface area (Å²) in [4.78, 5) is 11.8. The van der Waals surface area contributed by atoms with E-state index in [1.54, 1.807) is 0 Å². The lowest BCUT2D eigenvalue weighted by molar-refractivity contribution is -0.128. The van der Waals surface area contributed by atoms with Gasteiger partial charge in [-0.25, -0.2) is 0 Å². The quantitative estimate of drug-likeness (QED) is 0.683. The lowest BCUT2D eigenvalue weighted by Crippen LogP contribution is -2.41. The maximum atomic E-state index is 12.8. The summed E-state index contributed by atoms with van der Waals surface area (Å²) in [5.74, 6) is -0.459. The fourth-order valence-electron chi connectivity index (χ4n) is 3.40. The zero-order chi connectivity index (χ0) is 11.5. The van der Waals surface area contributed by atoms with Crippen molar-refractivity contribution in [3.8, 4) is 0 Å². The molecule has 2 bridgehead atoms. The molecule has 2 atom stereocenters. The Balaban J connectivity index is 2.45. The van der Waals surface area contributed by atoms with Gasteiger partial charge in [0.15, 0.2) is 0 Å². The highest BCUT2D eigenvalue weighted by molar-refractivity contribution is 7.86. The summed E-state index contributed by atoms with van der Waals surface area (Å²) in [5.41, 5.74) is -1.32. The number of carbonyl (C=O) groups is 1. The first-order chi connectivity index (χ1) is 6.69. The monoisotopic (exact) mass is 234 g/mol. The normalized spacial score (nSPS) is 38.6. The van der Waals surface area contributed by atoms with Gasteiger partial charge in [-0.15, -0.1) is 3.89 Å². The Hall–Kier alpha value is -0.450. The summed E-state index contributed by atoms with van der Waals surface area (Å²) in [6, 6.07) is 0. The van der Waals surface area contributed by atoms with Gasteiger partial charge in [-0.05, 0) is 24.2 Å². The van der Waals surface area contributed by atoms with Crippen molar-refractivity contribution in [1.82, 2.24) is 0 Å². The van der Waals surface area contributed by atoms with Gasteiger partial charge in [0.25, 0.3) is 0 Å². The molecule has 0 aliphatic heterocycles. The van der Waals surface area contributed by atoms with Gasteiger partial charge in [0.05, 0.1) is 11.2 Å². The molecule has 0 unspecified atom stereocenters. The van der Waals surface area contributed by atoms with Crippen molar-refractivity contribution in [2.75, 3.05) is 5.75 Å². The summed E-state index contributed by atoms with van der Waals surface area (Å²) in [5, 5.41) is 0. The van der Waals surface area contributed by atoms with Crippen LogP contribution in [0.3, 0.4) is 0 Å². The highest BCUT2D eigenvalue weighted by atomic mass is 32.3. The van der Waals surface area contributed by atoms with Crippen LogP contribution in [0.2, 0.25) is 0 Å². The standard InChI is InChI=1S/C10H15FO3S/c1-9(2)7-3-4-10(9,8(12)5-7)6-15(11,13)14/h7H,3-6H2,1-2H3/t7-,10-/m1/s1. The molecule has 2 rings (SSSR count). The molecule has 86 valence electrons. The summed E-state index contributed by atoms with van der Waals surface area (Å²) in [6.07, 6.45) is 1.78. The van der Waals surface area contributed by atoms with Gasteiger partial charge in [0, 0.05) is 6.42 Å². The number of hydrogen-bond donors (Lipinski definition) is 0. The molecule has 2 aliphatic rings. The molecule has 0 aromatic heterocycles. The van der Waals surface area contributed by atoms with Crippen LogP contribution in [-0.2, 0) is 15.0 Å². The van der Waals surface area contributed by atoms with Crippen molar-refractivity contribution >= 4 is 16.0 Å². The minimum atomic E-state index is -4.58. The number of rotatable bonds is 2. The second kappa shape index (κ2) is 2.81. The topological polar surface area (TPSA) is 51.2 Å². The van der Waals surface area contributed by atoms with Crippen LogP contribution in [-0.4, -0.2) is 20.0 Å². The lowest BCUT2D eigenvalue weighted by Gasteiger charge is -2.34. The first kappa shape index (κ1) is 11.0. The zero-order valence-corrected chi connectivity index (χ0v) is 9.73. The van der Waals surface area contributed by atoms with Crippen molar-refractivity contribution in [1.29, 1.82) is 0 Å². The molecular formula is C10H15FO3S. The average molecular weight is 234 g/mol. The van der Waals surface area contributed by atoms with Crippen molar-refractivity contribution in [3.05, 3.63) is 0 Å². The molecule has 0 saturated heterocycles. The van der Waals surface area contributed by atoms with Crippen molar-refractivity contribution < 1.29 is 17.1 Å². The molecule has 0 amide bonds. The maximum Gasteiger partial charge on any atom is 0.303 e. The average Bonchev–Trinajstić information content (AvgIpc) is 2.34. The van der Waals surface area contributed by atoms with Gasteiger partial charge in [0.2, 0.25) is 0 Å². The molecule has 0 N–H and O–H groups in total. The second-order valence-corrected chi connectivity index (χ2v) is 6.72. The summed E-state index contributed by atoms with van der Waals surface area (Å²) in [7, 11) is -4.58. The van der Waals surface area contributed by atoms with Crippen LogP contribution in [0.4, 0.5) is 3.89 Å². The van der Waals surface area contributed by atoms with E-state index in [1.165, 1.54) is 0 Å². The molecule has 5 heteroatoms. The first-order valence-corrected chi connectivity index (χ1v) is 6.70. The SMILES string of the molecule is CC1(C)[C@@H]2CC[C@@]1(CS(=O)(=O)F)C(=O)C2. The second-order valence-electron chi connectivity index (χ2n) is 5.35. The zero-order valence-electron chi connectivity index (χ0n) is 8.92. The molecule has 0 radical (unpaired) electrons. The van der Waals surface area contributed by atoms with E-state index in [2.05, 4.69) is 0 Å². The lowest BCUT2D eigenvalue weighted by atomic mass is 9.70. The molecule has 0 aromatic rings. The molecular weight excluding hydrogens is 219 g/mol. The van der Waals surface area contributed by atoms with Crippen LogP contribution in [0.25, 0.3) is 0 Å². The number of carbonyl (C=O) groups excluding carboxylic acids is 1. The predicted octanol–water partition coefficient (Wildman–Crippen LogP) is 1.68. The summed E-state index contributed by atoms with van der Waals surface area (Å²) < 4.78 is 34.4. The van der Waals surface area contributed by atoms with Crippen LogP contribution in [0, 0.1) is 16.7 Å². The van der Waals surface area contributed by atoms with E-state index in [1.807, 2.05) is 13.8 Å². The van der Waals surface area contributed by atoms with Crippen LogP contribution in [0.5, 0.6) is 0 Å². The smallest absolute Gasteiger partial charge is 0.299 e. The van der Waals surface area contributed by atoms with Crippen LogP contribution in [0.1, 0.15) is 33.1 Å². The Labute approximate surface area is 89.3 Å². The summed E-state index contributed by atoms with van der Waals surface area (Å²) >= 11 is 0. The fraction of sp³-hybridized carbons (Fsp3) is 0.900. The Bertz CT molecular complexity index is 412. The fourth-order valence-corrected chi connectivity index (χ4v) is 4.67. The molecule has 0 heterocycles. The van der Waals surface area contributed by atoms with Gasteiger partial charge in [-0.1, -0.05) is 13.8 Å². The van der Waals surface area contributed by atoms with Gasteiger partial charge >= 0.3 is 10.2 Å². The van der Waals surface area contributed by atoms with E-state index in [4.69, 9.17) is 0 Å². The molecule has 2 saturated carbocycles. The third-order valence-corrected chi connectivity index (χ3v) is 5.40. The molecule has 3 nitrogen and oxygen atoms in total. The van der Waals surface area contributed by atoms with Gasteiger partial charge in [-0.2, -0.15) is 8.42 Å². The van der Waals surface area contributed by atoms with Gasteiger partial charge in [0.1, 0.15) is 5.78 Å². The Morgan fingerprint density at radius 1 is 1.47 bits per heavy atom. The number of ketones is 1. The molecule has 15 heavy (non-hydrogen) atoms. The van der Waals surface area contributed by atoms with E-state index in [-0.39, 0.29) is 17.1 Å². The summed E-state index contributed by atoms with van der Waals surface area (Å²) in [6.45, 7) is 3.78. The van der Waals surface area contributed by atoms with Crippen LogP contribution >= 0.6 is 0 Å². The van der Waals surface area contributed by atoms with E-state index >= 15 is 0 Å². The van der Waals surface area contributed by atoms with E-state index in [9.17, 15) is 17.1 Å². The number of hydrogen-bond acceptors (Lipinski definition) is 3. The highest BCUT2D eigenvalue weighted by Crippen LogP contribution is 2.64. The van der Waals surface area contributed by atoms with Gasteiger partial charge < -0.3 is 0 Å². The minimum absolute atomic E-state index is 0.0648. The largest absolute Gasteiger partial charge is 0.303 e. The number of Topliss-reactive ketones (excluding diaryl/α,β-unsaturated/α-hetero) is 1. The molecule has 2 fully saturated rings. The van der Waals surface area contributed by atoms with Gasteiger partial charge in [-0.3, -0.25) is 4.79 Å². The van der Waals surface area contributed by atoms with E-state index in [0.29, 0.717) is 12.8 Å². The third kappa shape index (κ3) is 1.35. The Morgan fingerprint density at radius 3 is 2.40 bits per heavy atom. The van der Waals surface area contributed by atoms with Crippen LogP contribution < -0.4 is 0 Å². The van der Waals surface area contributed by atoms with Crippen molar-refractivity contribution in [2.45, 2.75) is 33.1 Å². The Kier molecular flexibility index (Phi) is 2.07. The third-order valence-electron chi connectivity index (χ3n) is 4.56. The van der Waals surface area contributed by atoms with E-state index < -0.39 is 21.4 Å². The number of halogens is 1. The van der Waals surface area contributed by atoms with Crippen molar-refractivity contribution in [2.24, 2.45) is 16.7 Å². The highest BCUT2D eigenvalue weighted by Gasteiger charge is 2.65. The Morgan fingerprint density at radius 2 is 2.07 bits per heavy atom. The molecule has 2 aliphatic carbocycles. The minimum Gasteiger partial charge on any atom is -0.299 e. The van der Waals surface area contributed by atoms with Crippen LogP contribution in [0.15, 0.2) is 0 Å². The maximum absolute atomic E-state index is 12.8. The number of fused-ring (bicyclic) bond motifs is 2. The molecule has 0 aromatic carbocycles. The molecule has 0 spiro atoms.